The van der Waals surface area contributed by atoms with Crippen molar-refractivity contribution in [2.75, 3.05) is 0 Å². The third kappa shape index (κ3) is 1.39. The highest BCUT2D eigenvalue weighted by Crippen LogP contribution is 2.18. The summed E-state index contributed by atoms with van der Waals surface area (Å²) in [5.41, 5.74) is 0.684. The van der Waals surface area contributed by atoms with Gasteiger partial charge < -0.3 is 10.1 Å². The number of carbonyl (C=O) groups is 1. The molecular formula is C8H5IN2O2. The number of pyridine rings is 1. The van der Waals surface area contributed by atoms with Gasteiger partial charge in [0.1, 0.15) is 5.65 Å². The molecule has 0 atom stereocenters. The minimum Gasteiger partial charge on any atom is -0.477 e. The second-order valence-corrected chi connectivity index (χ2v) is 3.70. The molecule has 2 rings (SSSR count). The smallest absolute Gasteiger partial charge is 0.354 e. The van der Waals surface area contributed by atoms with Crippen LogP contribution in [0.25, 0.3) is 11.0 Å². The van der Waals surface area contributed by atoms with E-state index in [1.165, 1.54) is 0 Å². The van der Waals surface area contributed by atoms with Gasteiger partial charge >= 0.3 is 5.97 Å². The van der Waals surface area contributed by atoms with Crippen LogP contribution in [0.3, 0.4) is 0 Å². The van der Waals surface area contributed by atoms with Crippen molar-refractivity contribution in [3.8, 4) is 0 Å². The SMILES string of the molecule is O=C(O)c1cc(I)c2cc[nH]c2n1. The lowest BCUT2D eigenvalue weighted by Crippen LogP contribution is -2.00. The summed E-state index contributed by atoms with van der Waals surface area (Å²) in [6, 6.07) is 3.43. The molecule has 0 saturated carbocycles. The standard InChI is InChI=1S/C8H5IN2O2/c9-5-3-6(8(12)13)11-7-4(5)1-2-10-7/h1-3H,(H,10,11)(H,12,13). The van der Waals surface area contributed by atoms with Crippen LogP contribution in [0.15, 0.2) is 18.3 Å². The molecule has 0 aromatic carbocycles. The number of carboxylic acid groups (broad SMARTS) is 1. The molecule has 5 heteroatoms. The summed E-state index contributed by atoms with van der Waals surface area (Å²) < 4.78 is 0.890. The van der Waals surface area contributed by atoms with Gasteiger partial charge in [0.25, 0.3) is 0 Å². The number of nitrogens with one attached hydrogen (secondary N) is 1. The van der Waals surface area contributed by atoms with Crippen LogP contribution in [0.2, 0.25) is 0 Å². The molecule has 0 unspecified atom stereocenters. The van der Waals surface area contributed by atoms with E-state index < -0.39 is 5.97 Å². The predicted molar refractivity (Wildman–Crippen MR) is 55.8 cm³/mol. The van der Waals surface area contributed by atoms with Crippen molar-refractivity contribution in [2.45, 2.75) is 0 Å². The monoisotopic (exact) mass is 288 g/mol. The lowest BCUT2D eigenvalue weighted by molar-refractivity contribution is 0.0691. The molecule has 2 aromatic heterocycles. The highest BCUT2D eigenvalue weighted by Gasteiger charge is 2.09. The van der Waals surface area contributed by atoms with Gasteiger partial charge in [-0.2, -0.15) is 0 Å². The summed E-state index contributed by atoms with van der Waals surface area (Å²) in [5, 5.41) is 9.68. The molecular weight excluding hydrogens is 283 g/mol. The highest BCUT2D eigenvalue weighted by atomic mass is 127. The molecule has 0 aliphatic heterocycles. The van der Waals surface area contributed by atoms with Gasteiger partial charge in [-0.3, -0.25) is 0 Å². The summed E-state index contributed by atoms with van der Waals surface area (Å²) in [7, 11) is 0. The number of halogens is 1. The second kappa shape index (κ2) is 2.99. The van der Waals surface area contributed by atoms with Gasteiger partial charge in [0, 0.05) is 15.2 Å². The quantitative estimate of drug-likeness (QED) is 0.787. The number of nitrogens with zero attached hydrogens (tertiary/aromatic N) is 1. The van der Waals surface area contributed by atoms with Crippen molar-refractivity contribution in [3.05, 3.63) is 27.6 Å². The molecule has 0 radical (unpaired) electrons. The maximum Gasteiger partial charge on any atom is 0.354 e. The Morgan fingerprint density at radius 2 is 2.38 bits per heavy atom. The van der Waals surface area contributed by atoms with E-state index >= 15 is 0 Å². The summed E-state index contributed by atoms with van der Waals surface area (Å²) in [5.74, 6) is -1.01. The molecule has 2 N–H and O–H groups in total. The number of fused-ring (bicyclic) bond motifs is 1. The second-order valence-electron chi connectivity index (χ2n) is 2.53. The Bertz CT molecular complexity index is 478. The third-order valence-electron chi connectivity index (χ3n) is 1.70. The molecule has 66 valence electrons. The Morgan fingerprint density at radius 1 is 1.62 bits per heavy atom. The van der Waals surface area contributed by atoms with E-state index in [0.717, 1.165) is 8.96 Å². The van der Waals surface area contributed by atoms with Crippen LogP contribution in [0.4, 0.5) is 0 Å². The number of H-pyrrole nitrogens is 1. The maximum absolute atomic E-state index is 10.6. The first-order chi connectivity index (χ1) is 6.18. The van der Waals surface area contributed by atoms with E-state index in [0.29, 0.717) is 5.65 Å². The van der Waals surface area contributed by atoms with E-state index in [9.17, 15) is 4.79 Å². The Morgan fingerprint density at radius 3 is 3.08 bits per heavy atom. The van der Waals surface area contributed by atoms with Gasteiger partial charge in [-0.25, -0.2) is 9.78 Å². The number of aromatic carboxylic acids is 1. The zero-order valence-corrected chi connectivity index (χ0v) is 8.57. The van der Waals surface area contributed by atoms with Crippen LogP contribution in [0.5, 0.6) is 0 Å². The number of hydrogen-bond donors (Lipinski definition) is 2. The van der Waals surface area contributed by atoms with E-state index in [4.69, 9.17) is 5.11 Å². The summed E-state index contributed by atoms with van der Waals surface area (Å²) in [6.07, 6.45) is 1.74. The highest BCUT2D eigenvalue weighted by molar-refractivity contribution is 14.1. The Hall–Kier alpha value is -1.11. The Balaban J connectivity index is 2.77. The first-order valence-corrected chi connectivity index (χ1v) is 4.63. The molecule has 0 fully saturated rings. The van der Waals surface area contributed by atoms with Crippen LogP contribution in [-0.4, -0.2) is 21.0 Å². The zero-order chi connectivity index (χ0) is 9.42. The van der Waals surface area contributed by atoms with Crippen LogP contribution in [-0.2, 0) is 0 Å². The lowest BCUT2D eigenvalue weighted by Gasteiger charge is -1.96. The zero-order valence-electron chi connectivity index (χ0n) is 6.41. The number of rotatable bonds is 1. The van der Waals surface area contributed by atoms with E-state index in [-0.39, 0.29) is 5.69 Å². The van der Waals surface area contributed by atoms with Gasteiger partial charge in [-0.05, 0) is 34.7 Å². The number of aromatic amines is 1. The van der Waals surface area contributed by atoms with Gasteiger partial charge in [0.15, 0.2) is 5.69 Å². The average molecular weight is 288 g/mol. The fourth-order valence-electron chi connectivity index (χ4n) is 1.11. The normalized spacial score (nSPS) is 10.5. The summed E-state index contributed by atoms with van der Waals surface area (Å²) in [6.45, 7) is 0. The molecule has 13 heavy (non-hydrogen) atoms. The third-order valence-corrected chi connectivity index (χ3v) is 2.59. The summed E-state index contributed by atoms with van der Waals surface area (Å²) >= 11 is 2.09. The molecule has 2 heterocycles. The van der Waals surface area contributed by atoms with Crippen molar-refractivity contribution >= 4 is 39.6 Å². The topological polar surface area (TPSA) is 66.0 Å². The number of carboxylic acids is 1. The van der Waals surface area contributed by atoms with Crippen LogP contribution >= 0.6 is 22.6 Å². The first kappa shape index (κ1) is 8.49. The minimum absolute atomic E-state index is 0.0688. The van der Waals surface area contributed by atoms with Crippen LogP contribution < -0.4 is 0 Å². The molecule has 0 amide bonds. The van der Waals surface area contributed by atoms with Crippen LogP contribution in [0, 0.1) is 3.57 Å². The van der Waals surface area contributed by atoms with Gasteiger partial charge in [-0.1, -0.05) is 0 Å². The van der Waals surface area contributed by atoms with Crippen molar-refractivity contribution in [3.63, 3.8) is 0 Å². The fourth-order valence-corrected chi connectivity index (χ4v) is 1.84. The van der Waals surface area contributed by atoms with Crippen molar-refractivity contribution in [1.82, 2.24) is 9.97 Å². The largest absolute Gasteiger partial charge is 0.477 e. The molecule has 0 bridgehead atoms. The number of hydrogen-bond acceptors (Lipinski definition) is 2. The van der Waals surface area contributed by atoms with E-state index in [2.05, 4.69) is 32.6 Å². The first-order valence-electron chi connectivity index (χ1n) is 3.55. The van der Waals surface area contributed by atoms with E-state index in [1.54, 1.807) is 12.3 Å². The predicted octanol–water partition coefficient (Wildman–Crippen LogP) is 1.87. The molecule has 0 saturated heterocycles. The van der Waals surface area contributed by atoms with Crippen LogP contribution in [0.1, 0.15) is 10.5 Å². The summed E-state index contributed by atoms with van der Waals surface area (Å²) in [4.78, 5) is 17.5. The van der Waals surface area contributed by atoms with E-state index in [1.807, 2.05) is 6.07 Å². The van der Waals surface area contributed by atoms with Crippen molar-refractivity contribution in [1.29, 1.82) is 0 Å². The van der Waals surface area contributed by atoms with Crippen molar-refractivity contribution in [2.24, 2.45) is 0 Å². The Labute approximate surface area is 87.1 Å². The maximum atomic E-state index is 10.6. The minimum atomic E-state index is -1.01. The molecule has 0 spiro atoms. The van der Waals surface area contributed by atoms with Gasteiger partial charge in [-0.15, -0.1) is 0 Å². The van der Waals surface area contributed by atoms with Crippen molar-refractivity contribution < 1.29 is 9.90 Å². The number of aromatic nitrogens is 2. The molecule has 4 nitrogen and oxygen atoms in total. The fraction of sp³-hybridized carbons (Fsp3) is 0. The molecule has 0 aliphatic rings. The van der Waals surface area contributed by atoms with Gasteiger partial charge in [0.05, 0.1) is 0 Å². The Kier molecular flexibility index (Phi) is 1.95. The average Bonchev–Trinajstić information content (AvgIpc) is 2.51. The lowest BCUT2D eigenvalue weighted by atomic mass is 10.3. The molecule has 2 aromatic rings. The van der Waals surface area contributed by atoms with Gasteiger partial charge in [0.2, 0.25) is 0 Å². The molecule has 0 aliphatic carbocycles.